The number of hydrogen-bond donors (Lipinski definition) is 1. The first-order chi connectivity index (χ1) is 15.9. The molecule has 1 aromatic heterocycles. The highest BCUT2D eigenvalue weighted by Gasteiger charge is 2.41. The summed E-state index contributed by atoms with van der Waals surface area (Å²) in [7, 11) is 0. The van der Waals surface area contributed by atoms with Crippen LogP contribution in [-0.2, 0) is 11.8 Å². The Morgan fingerprint density at radius 1 is 1.12 bits per heavy atom. The predicted octanol–water partition coefficient (Wildman–Crippen LogP) is 5.92. The average Bonchev–Trinajstić information content (AvgIpc) is 3.61. The number of nitrogens with one attached hydrogen (secondary N) is 1. The number of carbonyl (C=O) groups is 1. The summed E-state index contributed by atoms with van der Waals surface area (Å²) in [6.07, 6.45) is 11.8. The minimum atomic E-state index is -0.274. The van der Waals surface area contributed by atoms with Crippen LogP contribution in [-0.4, -0.2) is 34.8 Å². The first kappa shape index (κ1) is 20.8. The zero-order chi connectivity index (χ0) is 22.9. The Morgan fingerprint density at radius 2 is 1.88 bits per heavy atom. The molecule has 2 heterocycles. The second-order valence-corrected chi connectivity index (χ2v) is 10.7. The van der Waals surface area contributed by atoms with Gasteiger partial charge in [0.1, 0.15) is 0 Å². The quantitative estimate of drug-likeness (QED) is 0.517. The molecule has 1 saturated heterocycles. The lowest BCUT2D eigenvalue weighted by atomic mass is 9.69. The summed E-state index contributed by atoms with van der Waals surface area (Å²) in [6, 6.07) is 11.4. The van der Waals surface area contributed by atoms with Crippen molar-refractivity contribution in [1.82, 2.24) is 9.88 Å². The van der Waals surface area contributed by atoms with E-state index in [1.165, 1.54) is 55.5 Å². The standard InChI is InChI=1S/C30H32N2O/c1-5-18-7-10-22-26(15-18)31-29-27(22)28(33)24-16-19(6-2)23(17-25(24)30(29,3)4)20-11-13-32(14-12-20)21-8-9-21/h1,7,10,15-17,20-21,31H,6,8-9,11-14H2,2-4H3. The molecule has 168 valence electrons. The van der Waals surface area contributed by atoms with Gasteiger partial charge in [-0.05, 0) is 86.0 Å². The topological polar surface area (TPSA) is 36.1 Å². The Kier molecular flexibility index (Phi) is 4.61. The highest BCUT2D eigenvalue weighted by Crippen LogP contribution is 2.46. The Balaban J connectivity index is 1.45. The average molecular weight is 437 g/mol. The number of aryl methyl sites for hydroxylation is 1. The van der Waals surface area contributed by atoms with Crippen molar-refractivity contribution < 1.29 is 4.79 Å². The number of rotatable bonds is 3. The molecule has 3 aromatic rings. The second-order valence-electron chi connectivity index (χ2n) is 10.7. The molecule has 3 aliphatic rings. The van der Waals surface area contributed by atoms with Crippen LogP contribution in [0.25, 0.3) is 10.9 Å². The van der Waals surface area contributed by atoms with Gasteiger partial charge in [-0.25, -0.2) is 0 Å². The van der Waals surface area contributed by atoms with E-state index in [0.717, 1.165) is 45.7 Å². The number of ketones is 1. The van der Waals surface area contributed by atoms with Crippen molar-refractivity contribution in [2.45, 2.75) is 70.3 Å². The number of nitrogens with zero attached hydrogens (tertiary/aromatic N) is 1. The molecule has 0 amide bonds. The van der Waals surface area contributed by atoms with Crippen molar-refractivity contribution in [2.24, 2.45) is 0 Å². The van der Waals surface area contributed by atoms with Crippen LogP contribution in [0, 0.1) is 12.3 Å². The fourth-order valence-electron chi connectivity index (χ4n) is 6.33. The molecule has 2 fully saturated rings. The van der Waals surface area contributed by atoms with Gasteiger partial charge in [-0.1, -0.05) is 38.8 Å². The minimum Gasteiger partial charge on any atom is -0.357 e. The number of hydrogen-bond acceptors (Lipinski definition) is 2. The number of likely N-dealkylation sites (tertiary alicyclic amines) is 1. The van der Waals surface area contributed by atoms with Gasteiger partial charge in [-0.15, -0.1) is 6.42 Å². The van der Waals surface area contributed by atoms with E-state index in [2.05, 4.69) is 48.7 Å². The molecule has 0 bridgehead atoms. The summed E-state index contributed by atoms with van der Waals surface area (Å²) in [5.41, 5.74) is 8.21. The lowest BCUT2D eigenvalue weighted by molar-refractivity contribution is 0.103. The van der Waals surface area contributed by atoms with E-state index >= 15 is 0 Å². The summed E-state index contributed by atoms with van der Waals surface area (Å²) in [5.74, 6) is 3.45. The van der Waals surface area contributed by atoms with Gasteiger partial charge in [-0.3, -0.25) is 4.79 Å². The molecule has 3 heteroatoms. The van der Waals surface area contributed by atoms with Crippen molar-refractivity contribution in [1.29, 1.82) is 0 Å². The largest absolute Gasteiger partial charge is 0.357 e. The van der Waals surface area contributed by atoms with Crippen molar-refractivity contribution in [3.05, 3.63) is 69.4 Å². The molecule has 0 unspecified atom stereocenters. The Morgan fingerprint density at radius 3 is 2.55 bits per heavy atom. The van der Waals surface area contributed by atoms with E-state index in [4.69, 9.17) is 6.42 Å². The van der Waals surface area contributed by atoms with Crippen LogP contribution in [0.5, 0.6) is 0 Å². The van der Waals surface area contributed by atoms with Crippen molar-refractivity contribution in [3.8, 4) is 12.3 Å². The Hall–Kier alpha value is -2.83. The van der Waals surface area contributed by atoms with Gasteiger partial charge >= 0.3 is 0 Å². The highest BCUT2D eigenvalue weighted by atomic mass is 16.1. The lowest BCUT2D eigenvalue weighted by Crippen LogP contribution is -2.35. The van der Waals surface area contributed by atoms with E-state index in [9.17, 15) is 4.79 Å². The maximum atomic E-state index is 13.8. The van der Waals surface area contributed by atoms with Crippen LogP contribution in [0.1, 0.15) is 96.2 Å². The molecule has 0 radical (unpaired) electrons. The molecule has 1 saturated carbocycles. The van der Waals surface area contributed by atoms with Gasteiger partial charge in [-0.2, -0.15) is 0 Å². The lowest BCUT2D eigenvalue weighted by Gasteiger charge is -2.36. The third-order valence-corrected chi connectivity index (χ3v) is 8.43. The fraction of sp³-hybridized carbons (Fsp3) is 0.433. The van der Waals surface area contributed by atoms with Gasteiger partial charge < -0.3 is 9.88 Å². The number of aromatic amines is 1. The van der Waals surface area contributed by atoms with Crippen molar-refractivity contribution >= 4 is 16.7 Å². The number of carbonyl (C=O) groups excluding carboxylic acids is 1. The number of fused-ring (bicyclic) bond motifs is 4. The maximum Gasteiger partial charge on any atom is 0.195 e. The number of benzene rings is 2. The normalized spacial score (nSPS) is 20.5. The first-order valence-corrected chi connectivity index (χ1v) is 12.5. The fourth-order valence-corrected chi connectivity index (χ4v) is 6.33. The number of piperidine rings is 1. The molecule has 1 N–H and O–H groups in total. The summed E-state index contributed by atoms with van der Waals surface area (Å²) in [6.45, 7) is 9.14. The number of H-pyrrole nitrogens is 1. The molecule has 33 heavy (non-hydrogen) atoms. The van der Waals surface area contributed by atoms with Gasteiger partial charge in [0, 0.05) is 39.2 Å². The van der Waals surface area contributed by atoms with Crippen LogP contribution in [0.15, 0.2) is 30.3 Å². The van der Waals surface area contributed by atoms with E-state index < -0.39 is 0 Å². The maximum absolute atomic E-state index is 13.8. The van der Waals surface area contributed by atoms with Crippen molar-refractivity contribution in [2.75, 3.05) is 13.1 Å². The van der Waals surface area contributed by atoms with Crippen LogP contribution in [0.3, 0.4) is 0 Å². The monoisotopic (exact) mass is 436 g/mol. The third-order valence-electron chi connectivity index (χ3n) is 8.43. The van der Waals surface area contributed by atoms with E-state index in [-0.39, 0.29) is 11.2 Å². The van der Waals surface area contributed by atoms with Crippen LogP contribution in [0.2, 0.25) is 0 Å². The predicted molar refractivity (Wildman–Crippen MR) is 134 cm³/mol. The Bertz CT molecular complexity index is 1320. The van der Waals surface area contributed by atoms with E-state index in [0.29, 0.717) is 5.92 Å². The van der Waals surface area contributed by atoms with Gasteiger partial charge in [0.15, 0.2) is 5.78 Å². The molecule has 0 atom stereocenters. The summed E-state index contributed by atoms with van der Waals surface area (Å²) in [5, 5.41) is 0.974. The molecule has 6 rings (SSSR count). The zero-order valence-corrected chi connectivity index (χ0v) is 19.9. The summed E-state index contributed by atoms with van der Waals surface area (Å²) < 4.78 is 0. The summed E-state index contributed by atoms with van der Waals surface area (Å²) >= 11 is 0. The zero-order valence-electron chi connectivity index (χ0n) is 19.9. The highest BCUT2D eigenvalue weighted by molar-refractivity contribution is 6.20. The molecule has 0 spiro atoms. The molecular formula is C30H32N2O. The van der Waals surface area contributed by atoms with E-state index in [1.54, 1.807) is 0 Å². The first-order valence-electron chi connectivity index (χ1n) is 12.5. The number of aromatic nitrogens is 1. The van der Waals surface area contributed by atoms with Crippen LogP contribution >= 0.6 is 0 Å². The van der Waals surface area contributed by atoms with Crippen LogP contribution < -0.4 is 0 Å². The molecule has 2 aromatic carbocycles. The smallest absolute Gasteiger partial charge is 0.195 e. The SMILES string of the molecule is C#Cc1ccc2c3c([nH]c2c1)C(C)(C)c1cc(C2CCN(C4CC4)CC2)c(CC)cc1C3=O. The van der Waals surface area contributed by atoms with Crippen molar-refractivity contribution in [3.63, 3.8) is 0 Å². The third kappa shape index (κ3) is 3.11. The van der Waals surface area contributed by atoms with Gasteiger partial charge in [0.05, 0.1) is 5.56 Å². The molecule has 3 nitrogen and oxygen atoms in total. The molecule has 2 aliphatic carbocycles. The van der Waals surface area contributed by atoms with Crippen LogP contribution in [0.4, 0.5) is 0 Å². The molecular weight excluding hydrogens is 404 g/mol. The molecule has 1 aliphatic heterocycles. The Labute approximate surface area is 196 Å². The van der Waals surface area contributed by atoms with Gasteiger partial charge in [0.25, 0.3) is 0 Å². The minimum absolute atomic E-state index is 0.142. The second kappa shape index (κ2) is 7.34. The number of terminal acetylenes is 1. The van der Waals surface area contributed by atoms with E-state index in [1.807, 2.05) is 18.2 Å². The van der Waals surface area contributed by atoms with Gasteiger partial charge in [0.2, 0.25) is 0 Å². The summed E-state index contributed by atoms with van der Waals surface area (Å²) in [4.78, 5) is 20.1.